The molecule has 4 rings (SSSR count). The van der Waals surface area contributed by atoms with Crippen LogP contribution in [0.25, 0.3) is 0 Å². The van der Waals surface area contributed by atoms with Crippen molar-refractivity contribution in [2.75, 3.05) is 0 Å². The zero-order chi connectivity index (χ0) is 10.9. The quantitative estimate of drug-likeness (QED) is 0.751. The van der Waals surface area contributed by atoms with E-state index in [-0.39, 0.29) is 11.3 Å². The SMILES string of the molecule is O=C(O)C1CCCC12C1Cc3cn[nH]c3C12. The minimum absolute atomic E-state index is 0.0887. The van der Waals surface area contributed by atoms with E-state index in [2.05, 4.69) is 10.2 Å². The molecule has 0 saturated heterocycles. The van der Waals surface area contributed by atoms with Gasteiger partial charge in [0.1, 0.15) is 0 Å². The predicted molar refractivity (Wildman–Crippen MR) is 55.9 cm³/mol. The molecule has 1 aromatic heterocycles. The van der Waals surface area contributed by atoms with E-state index in [1.54, 1.807) is 0 Å². The molecule has 4 atom stereocenters. The largest absolute Gasteiger partial charge is 0.481 e. The average Bonchev–Trinajstić information content (AvgIpc) is 2.67. The normalized spacial score (nSPS) is 43.4. The van der Waals surface area contributed by atoms with Crippen LogP contribution in [0.4, 0.5) is 0 Å². The van der Waals surface area contributed by atoms with Crippen molar-refractivity contribution in [3.63, 3.8) is 0 Å². The van der Waals surface area contributed by atoms with Gasteiger partial charge in [0.15, 0.2) is 0 Å². The molecule has 2 saturated carbocycles. The lowest BCUT2D eigenvalue weighted by molar-refractivity contribution is -0.143. The van der Waals surface area contributed by atoms with Gasteiger partial charge < -0.3 is 5.11 Å². The topological polar surface area (TPSA) is 66.0 Å². The van der Waals surface area contributed by atoms with E-state index in [0.717, 1.165) is 25.7 Å². The van der Waals surface area contributed by atoms with Gasteiger partial charge in [-0.15, -0.1) is 0 Å². The van der Waals surface area contributed by atoms with E-state index >= 15 is 0 Å². The van der Waals surface area contributed by atoms with Crippen LogP contribution in [0.5, 0.6) is 0 Å². The maximum absolute atomic E-state index is 11.3. The molecule has 0 aromatic carbocycles. The van der Waals surface area contributed by atoms with Crippen LogP contribution in [-0.4, -0.2) is 21.3 Å². The van der Waals surface area contributed by atoms with Crippen LogP contribution < -0.4 is 0 Å². The minimum Gasteiger partial charge on any atom is -0.481 e. The first kappa shape index (κ1) is 8.79. The Bertz CT molecular complexity index is 481. The Labute approximate surface area is 93.1 Å². The van der Waals surface area contributed by atoms with Crippen molar-refractivity contribution in [3.05, 3.63) is 17.5 Å². The van der Waals surface area contributed by atoms with E-state index < -0.39 is 5.97 Å². The Morgan fingerprint density at radius 1 is 1.62 bits per heavy atom. The summed E-state index contributed by atoms with van der Waals surface area (Å²) in [6, 6.07) is 0. The molecule has 0 bridgehead atoms. The summed E-state index contributed by atoms with van der Waals surface area (Å²) in [4.78, 5) is 11.3. The summed E-state index contributed by atoms with van der Waals surface area (Å²) in [6.07, 6.45) is 5.98. The van der Waals surface area contributed by atoms with Crippen molar-refractivity contribution in [3.8, 4) is 0 Å². The molecule has 3 aliphatic carbocycles. The lowest BCUT2D eigenvalue weighted by Crippen LogP contribution is -2.23. The van der Waals surface area contributed by atoms with E-state index in [4.69, 9.17) is 0 Å². The highest BCUT2D eigenvalue weighted by Crippen LogP contribution is 2.77. The number of carboxylic acid groups (broad SMARTS) is 1. The molecule has 3 aliphatic rings. The summed E-state index contributed by atoms with van der Waals surface area (Å²) >= 11 is 0. The van der Waals surface area contributed by atoms with Crippen molar-refractivity contribution < 1.29 is 9.90 Å². The monoisotopic (exact) mass is 218 g/mol. The molecule has 0 amide bonds. The molecule has 16 heavy (non-hydrogen) atoms. The highest BCUT2D eigenvalue weighted by Gasteiger charge is 2.74. The van der Waals surface area contributed by atoms with Gasteiger partial charge in [-0.1, -0.05) is 6.42 Å². The Morgan fingerprint density at radius 2 is 2.50 bits per heavy atom. The molecular formula is C12H14N2O2. The van der Waals surface area contributed by atoms with Crippen LogP contribution in [0.15, 0.2) is 6.20 Å². The number of aromatic amines is 1. The van der Waals surface area contributed by atoms with Crippen LogP contribution in [0, 0.1) is 17.3 Å². The first-order chi connectivity index (χ1) is 7.75. The molecule has 1 spiro atoms. The summed E-state index contributed by atoms with van der Waals surface area (Å²) in [5.74, 6) is 0.348. The van der Waals surface area contributed by atoms with Crippen LogP contribution in [0.3, 0.4) is 0 Å². The molecule has 2 N–H and O–H groups in total. The number of H-pyrrole nitrogens is 1. The molecule has 4 nitrogen and oxygen atoms in total. The number of carboxylic acids is 1. The lowest BCUT2D eigenvalue weighted by Gasteiger charge is -2.19. The molecular weight excluding hydrogens is 204 g/mol. The number of nitrogens with one attached hydrogen (secondary N) is 1. The van der Waals surface area contributed by atoms with Gasteiger partial charge in [-0.2, -0.15) is 5.10 Å². The summed E-state index contributed by atoms with van der Waals surface area (Å²) in [5, 5.41) is 16.5. The van der Waals surface area contributed by atoms with Crippen LogP contribution in [-0.2, 0) is 11.2 Å². The van der Waals surface area contributed by atoms with Crippen molar-refractivity contribution in [2.45, 2.75) is 31.6 Å². The second-order valence-electron chi connectivity index (χ2n) is 5.49. The number of aromatic nitrogens is 2. The third-order valence-electron chi connectivity index (χ3n) is 5.11. The van der Waals surface area contributed by atoms with Gasteiger partial charge >= 0.3 is 5.97 Å². The van der Waals surface area contributed by atoms with Crippen molar-refractivity contribution in [1.82, 2.24) is 10.2 Å². The standard InChI is InChI=1S/C12H14N2O2/c15-11(16)7-2-1-3-12(7)8-4-6-5-13-14-10(6)9(8)12/h5,7-9H,1-4H2,(H,13,14)(H,15,16). The molecule has 1 heterocycles. The number of hydrogen-bond acceptors (Lipinski definition) is 2. The van der Waals surface area contributed by atoms with Crippen LogP contribution in [0.1, 0.15) is 36.4 Å². The second kappa shape index (κ2) is 2.50. The fraction of sp³-hybridized carbons (Fsp3) is 0.667. The molecule has 0 aliphatic heterocycles. The van der Waals surface area contributed by atoms with Crippen LogP contribution >= 0.6 is 0 Å². The summed E-state index contributed by atoms with van der Waals surface area (Å²) in [7, 11) is 0. The predicted octanol–water partition coefficient (Wildman–Crippen LogP) is 1.55. The van der Waals surface area contributed by atoms with Gasteiger partial charge in [-0.25, -0.2) is 0 Å². The first-order valence-corrected chi connectivity index (χ1v) is 6.00. The van der Waals surface area contributed by atoms with Gasteiger partial charge in [-0.05, 0) is 36.2 Å². The van der Waals surface area contributed by atoms with E-state index in [1.807, 2.05) is 6.20 Å². The molecule has 1 aromatic rings. The van der Waals surface area contributed by atoms with Gasteiger partial charge in [0.25, 0.3) is 0 Å². The van der Waals surface area contributed by atoms with E-state index in [9.17, 15) is 9.90 Å². The zero-order valence-corrected chi connectivity index (χ0v) is 8.94. The third-order valence-corrected chi connectivity index (χ3v) is 5.11. The number of rotatable bonds is 1. The third kappa shape index (κ3) is 0.761. The highest BCUT2D eigenvalue weighted by molar-refractivity contribution is 5.73. The van der Waals surface area contributed by atoms with E-state index in [0.29, 0.717) is 11.8 Å². The minimum atomic E-state index is -0.590. The maximum atomic E-state index is 11.3. The first-order valence-electron chi connectivity index (χ1n) is 6.00. The van der Waals surface area contributed by atoms with Gasteiger partial charge in [0.2, 0.25) is 0 Å². The molecule has 4 unspecified atom stereocenters. The fourth-order valence-electron chi connectivity index (χ4n) is 4.53. The molecule has 2 fully saturated rings. The summed E-state index contributed by atoms with van der Waals surface area (Å²) in [5.41, 5.74) is 2.64. The second-order valence-corrected chi connectivity index (χ2v) is 5.49. The van der Waals surface area contributed by atoms with Gasteiger partial charge in [0.05, 0.1) is 12.1 Å². The molecule has 84 valence electrons. The number of fused-ring (bicyclic) bond motifs is 5. The Kier molecular flexibility index (Phi) is 1.37. The average molecular weight is 218 g/mol. The molecule has 4 heteroatoms. The van der Waals surface area contributed by atoms with Crippen molar-refractivity contribution >= 4 is 5.97 Å². The van der Waals surface area contributed by atoms with Gasteiger partial charge in [0, 0.05) is 11.6 Å². The van der Waals surface area contributed by atoms with Gasteiger partial charge in [-0.3, -0.25) is 9.89 Å². The lowest BCUT2D eigenvalue weighted by atomic mass is 9.84. The Balaban J connectivity index is 1.76. The smallest absolute Gasteiger partial charge is 0.307 e. The van der Waals surface area contributed by atoms with Crippen molar-refractivity contribution in [2.24, 2.45) is 17.3 Å². The van der Waals surface area contributed by atoms with Crippen molar-refractivity contribution in [1.29, 1.82) is 0 Å². The zero-order valence-electron chi connectivity index (χ0n) is 8.94. The number of hydrogen-bond donors (Lipinski definition) is 2. The summed E-state index contributed by atoms with van der Waals surface area (Å²) < 4.78 is 0. The Hall–Kier alpha value is -1.32. The van der Waals surface area contributed by atoms with E-state index in [1.165, 1.54) is 11.3 Å². The highest BCUT2D eigenvalue weighted by atomic mass is 16.4. The Morgan fingerprint density at radius 3 is 3.31 bits per heavy atom. The number of carbonyl (C=O) groups is 1. The fourth-order valence-corrected chi connectivity index (χ4v) is 4.53. The number of nitrogens with zero attached hydrogens (tertiary/aromatic N) is 1. The maximum Gasteiger partial charge on any atom is 0.307 e. The van der Waals surface area contributed by atoms with Crippen LogP contribution in [0.2, 0.25) is 0 Å². The number of aliphatic carboxylic acids is 1. The summed E-state index contributed by atoms with van der Waals surface area (Å²) in [6.45, 7) is 0. The molecule has 0 radical (unpaired) electrons.